The second-order valence-electron chi connectivity index (χ2n) is 3.09. The summed E-state index contributed by atoms with van der Waals surface area (Å²) in [5, 5.41) is 3.94. The van der Waals surface area contributed by atoms with Crippen LogP contribution in [0.2, 0.25) is 0 Å². The molecule has 0 aromatic carbocycles. The van der Waals surface area contributed by atoms with Gasteiger partial charge in [0, 0.05) is 18.8 Å². The highest BCUT2D eigenvalue weighted by Gasteiger charge is 2.26. The van der Waals surface area contributed by atoms with E-state index in [0.29, 0.717) is 11.1 Å². The van der Waals surface area contributed by atoms with Gasteiger partial charge >= 0.3 is 0 Å². The molecule has 0 radical (unpaired) electrons. The second kappa shape index (κ2) is 2.39. The predicted octanol–water partition coefficient (Wildman–Crippen LogP) is 0.745. The van der Waals surface area contributed by atoms with Crippen LogP contribution >= 0.6 is 0 Å². The van der Waals surface area contributed by atoms with Crippen LogP contribution in [0.25, 0.3) is 0 Å². The summed E-state index contributed by atoms with van der Waals surface area (Å²) in [6.45, 7) is 1.62. The average Bonchev–Trinajstić information content (AvgIpc) is 2.44. The number of aromatic nitrogens is 2. The molecule has 0 fully saturated rings. The monoisotopic (exact) mass is 176 g/mol. The Hall–Kier alpha value is -1.71. The van der Waals surface area contributed by atoms with Crippen molar-refractivity contribution in [3.8, 4) is 0 Å². The molecular weight excluding hydrogens is 168 g/mol. The summed E-state index contributed by atoms with van der Waals surface area (Å²) in [4.78, 5) is 22.9. The summed E-state index contributed by atoms with van der Waals surface area (Å²) in [6, 6.07) is 0. The van der Waals surface area contributed by atoms with Gasteiger partial charge < -0.3 is 0 Å². The van der Waals surface area contributed by atoms with Crippen molar-refractivity contribution in [1.82, 2.24) is 9.78 Å². The molecule has 0 spiro atoms. The van der Waals surface area contributed by atoms with Crippen LogP contribution in [-0.4, -0.2) is 21.3 Å². The van der Waals surface area contributed by atoms with Crippen LogP contribution in [0.3, 0.4) is 0 Å². The van der Waals surface area contributed by atoms with Gasteiger partial charge in [0.15, 0.2) is 5.78 Å². The third kappa shape index (κ3) is 1.02. The molecule has 0 unspecified atom stereocenters. The van der Waals surface area contributed by atoms with Gasteiger partial charge in [-0.25, -0.2) is 0 Å². The van der Waals surface area contributed by atoms with E-state index < -0.39 is 0 Å². The van der Waals surface area contributed by atoms with Crippen LogP contribution in [0.5, 0.6) is 0 Å². The summed E-state index contributed by atoms with van der Waals surface area (Å²) >= 11 is 0. The number of fused-ring (bicyclic) bond motifs is 1. The fourth-order valence-corrected chi connectivity index (χ4v) is 1.36. The molecule has 1 heterocycles. The Balaban J connectivity index is 2.67. The molecule has 0 amide bonds. The number of ketones is 2. The molecule has 1 aliphatic rings. The number of carbonyl (C=O) groups is 2. The first-order valence-corrected chi connectivity index (χ1v) is 3.90. The Morgan fingerprint density at radius 2 is 2.08 bits per heavy atom. The lowest BCUT2D eigenvalue weighted by atomic mass is 9.97. The number of carbonyl (C=O) groups excluding carboxylic acids is 2. The first-order chi connectivity index (χ1) is 6.09. The summed E-state index contributed by atoms with van der Waals surface area (Å²) in [5.74, 6) is -0.296. The minimum Gasteiger partial charge on any atom is -0.289 e. The Morgan fingerprint density at radius 1 is 1.38 bits per heavy atom. The highest BCUT2D eigenvalue weighted by Crippen LogP contribution is 2.18. The SMILES string of the molecule is CC1=CC(=O)c2cn(C)nc2C1=O. The molecule has 1 aromatic rings. The first-order valence-electron chi connectivity index (χ1n) is 3.90. The molecule has 0 aliphatic heterocycles. The molecule has 4 heteroatoms. The van der Waals surface area contributed by atoms with E-state index in [9.17, 15) is 9.59 Å². The van der Waals surface area contributed by atoms with Crippen molar-refractivity contribution in [2.75, 3.05) is 0 Å². The molecule has 2 rings (SSSR count). The molecule has 0 atom stereocenters. The van der Waals surface area contributed by atoms with Crippen molar-refractivity contribution in [2.45, 2.75) is 6.92 Å². The largest absolute Gasteiger partial charge is 0.289 e. The summed E-state index contributed by atoms with van der Waals surface area (Å²) in [5.41, 5.74) is 1.13. The standard InChI is InChI=1S/C9H8N2O2/c1-5-3-7(12)6-4-11(2)10-8(6)9(5)13/h3-4H,1-2H3. The van der Waals surface area contributed by atoms with E-state index in [1.54, 1.807) is 20.2 Å². The molecule has 1 aliphatic carbocycles. The smallest absolute Gasteiger partial charge is 0.209 e. The molecule has 4 nitrogen and oxygen atoms in total. The van der Waals surface area contributed by atoms with E-state index in [2.05, 4.69) is 5.10 Å². The number of nitrogens with zero attached hydrogens (tertiary/aromatic N) is 2. The van der Waals surface area contributed by atoms with Gasteiger partial charge in [0.25, 0.3) is 0 Å². The van der Waals surface area contributed by atoms with Crippen molar-refractivity contribution in [3.63, 3.8) is 0 Å². The lowest BCUT2D eigenvalue weighted by molar-refractivity contribution is 0.0982. The van der Waals surface area contributed by atoms with E-state index in [4.69, 9.17) is 0 Å². The first kappa shape index (κ1) is 7.91. The zero-order chi connectivity index (χ0) is 9.59. The maximum atomic E-state index is 11.5. The summed E-state index contributed by atoms with van der Waals surface area (Å²) < 4.78 is 1.48. The van der Waals surface area contributed by atoms with Crippen molar-refractivity contribution < 1.29 is 9.59 Å². The molecule has 1 aromatic heterocycles. The molecule has 0 saturated carbocycles. The van der Waals surface area contributed by atoms with Crippen LogP contribution < -0.4 is 0 Å². The minimum atomic E-state index is -0.157. The van der Waals surface area contributed by atoms with Crippen molar-refractivity contribution in [3.05, 3.63) is 29.1 Å². The van der Waals surface area contributed by atoms with Crippen LogP contribution in [-0.2, 0) is 7.05 Å². The van der Waals surface area contributed by atoms with E-state index in [0.717, 1.165) is 0 Å². The van der Waals surface area contributed by atoms with Crippen LogP contribution in [0.15, 0.2) is 17.8 Å². The summed E-state index contributed by atoms with van der Waals surface area (Å²) in [7, 11) is 1.69. The van der Waals surface area contributed by atoms with Gasteiger partial charge in [0.05, 0.1) is 5.56 Å². The Bertz CT molecular complexity index is 440. The van der Waals surface area contributed by atoms with Gasteiger partial charge in [-0.3, -0.25) is 14.3 Å². The Kier molecular flexibility index (Phi) is 1.45. The van der Waals surface area contributed by atoms with E-state index in [-0.39, 0.29) is 17.3 Å². The lowest BCUT2D eigenvalue weighted by Gasteiger charge is -2.04. The number of rotatable bonds is 0. The number of Topliss-reactive ketones (excluding diaryl/α,β-unsaturated/α-hetero) is 1. The quantitative estimate of drug-likeness (QED) is 0.586. The second-order valence-corrected chi connectivity index (χ2v) is 3.09. The number of hydrogen-bond acceptors (Lipinski definition) is 3. The van der Waals surface area contributed by atoms with E-state index >= 15 is 0 Å². The van der Waals surface area contributed by atoms with Gasteiger partial charge in [0.2, 0.25) is 5.78 Å². The fourth-order valence-electron chi connectivity index (χ4n) is 1.36. The van der Waals surface area contributed by atoms with Gasteiger partial charge in [-0.05, 0) is 13.0 Å². The van der Waals surface area contributed by atoms with Crippen molar-refractivity contribution in [1.29, 1.82) is 0 Å². The van der Waals surface area contributed by atoms with Gasteiger partial charge in [-0.1, -0.05) is 0 Å². The third-order valence-electron chi connectivity index (χ3n) is 2.02. The molecule has 0 N–H and O–H groups in total. The molecule has 0 saturated heterocycles. The summed E-state index contributed by atoms with van der Waals surface area (Å²) in [6.07, 6.45) is 2.92. The zero-order valence-corrected chi connectivity index (χ0v) is 7.37. The van der Waals surface area contributed by atoms with Crippen LogP contribution in [0, 0.1) is 0 Å². The van der Waals surface area contributed by atoms with Gasteiger partial charge in [0.1, 0.15) is 5.69 Å². The molecular formula is C9H8N2O2. The maximum absolute atomic E-state index is 11.5. The van der Waals surface area contributed by atoms with Crippen molar-refractivity contribution >= 4 is 11.6 Å². The highest BCUT2D eigenvalue weighted by atomic mass is 16.1. The minimum absolute atomic E-state index is 0.139. The third-order valence-corrected chi connectivity index (χ3v) is 2.02. The fraction of sp³-hybridized carbons (Fsp3) is 0.222. The number of hydrogen-bond donors (Lipinski definition) is 0. The maximum Gasteiger partial charge on any atom is 0.209 e. The Morgan fingerprint density at radius 3 is 2.77 bits per heavy atom. The zero-order valence-electron chi connectivity index (χ0n) is 7.37. The Labute approximate surface area is 74.9 Å². The van der Waals surface area contributed by atoms with Crippen LogP contribution in [0.1, 0.15) is 27.8 Å². The molecule has 13 heavy (non-hydrogen) atoms. The van der Waals surface area contributed by atoms with Gasteiger partial charge in [-0.15, -0.1) is 0 Å². The molecule has 0 bridgehead atoms. The highest BCUT2D eigenvalue weighted by molar-refractivity contribution is 6.23. The number of aryl methyl sites for hydroxylation is 1. The van der Waals surface area contributed by atoms with E-state index in [1.165, 1.54) is 10.8 Å². The van der Waals surface area contributed by atoms with Crippen LogP contribution in [0.4, 0.5) is 0 Å². The average molecular weight is 176 g/mol. The molecule has 66 valence electrons. The van der Waals surface area contributed by atoms with Gasteiger partial charge in [-0.2, -0.15) is 5.10 Å². The lowest BCUT2D eigenvalue weighted by Crippen LogP contribution is -2.14. The normalized spacial score (nSPS) is 15.7. The predicted molar refractivity (Wildman–Crippen MR) is 45.6 cm³/mol. The van der Waals surface area contributed by atoms with E-state index in [1.807, 2.05) is 0 Å². The number of allylic oxidation sites excluding steroid dienone is 2. The van der Waals surface area contributed by atoms with Crippen molar-refractivity contribution in [2.24, 2.45) is 7.05 Å². The topological polar surface area (TPSA) is 52.0 Å².